The van der Waals surface area contributed by atoms with Crippen LogP contribution in [0.1, 0.15) is 303 Å². The van der Waals surface area contributed by atoms with Gasteiger partial charge in [0.25, 0.3) is 0 Å². The summed E-state index contributed by atoms with van der Waals surface area (Å²) in [5.41, 5.74) is 0. The molecule has 0 saturated heterocycles. The highest BCUT2D eigenvalue weighted by atomic mass is 16.6. The topological polar surface area (TPSA) is 78.9 Å². The molecule has 0 saturated carbocycles. The highest BCUT2D eigenvalue weighted by Crippen LogP contribution is 2.17. The van der Waals surface area contributed by atoms with E-state index in [2.05, 4.69) is 20.8 Å². The van der Waals surface area contributed by atoms with E-state index in [0.29, 0.717) is 19.3 Å². The molecule has 0 aliphatic carbocycles. The number of carbonyl (C=O) groups excluding carboxylic acids is 3. The molecule has 0 bridgehead atoms. The monoisotopic (exact) mass is 835 g/mol. The van der Waals surface area contributed by atoms with E-state index < -0.39 is 6.10 Å². The maximum atomic E-state index is 12.8. The summed E-state index contributed by atoms with van der Waals surface area (Å²) in [5, 5.41) is 0. The van der Waals surface area contributed by atoms with Crippen molar-refractivity contribution in [3.05, 3.63) is 0 Å². The fourth-order valence-electron chi connectivity index (χ4n) is 8.09. The number of hydrogen-bond acceptors (Lipinski definition) is 6. The second-order valence-electron chi connectivity index (χ2n) is 18.2. The molecule has 6 nitrogen and oxygen atoms in total. The van der Waals surface area contributed by atoms with Crippen LogP contribution >= 0.6 is 0 Å². The number of esters is 3. The van der Waals surface area contributed by atoms with Crippen molar-refractivity contribution in [2.45, 2.75) is 309 Å². The molecule has 0 unspecified atom stereocenters. The van der Waals surface area contributed by atoms with Gasteiger partial charge in [-0.1, -0.05) is 265 Å². The summed E-state index contributed by atoms with van der Waals surface area (Å²) < 4.78 is 16.8. The summed E-state index contributed by atoms with van der Waals surface area (Å²) in [4.78, 5) is 37.8. The Balaban J connectivity index is 4.17. The second-order valence-corrected chi connectivity index (χ2v) is 18.2. The van der Waals surface area contributed by atoms with Crippen LogP contribution in [0.25, 0.3) is 0 Å². The molecule has 0 amide bonds. The molecule has 59 heavy (non-hydrogen) atoms. The van der Waals surface area contributed by atoms with Gasteiger partial charge in [-0.3, -0.25) is 14.4 Å². The second kappa shape index (κ2) is 49.1. The molecular formula is C53H102O6. The van der Waals surface area contributed by atoms with Crippen molar-refractivity contribution in [1.82, 2.24) is 0 Å². The van der Waals surface area contributed by atoms with Gasteiger partial charge in [-0.2, -0.15) is 0 Å². The van der Waals surface area contributed by atoms with Gasteiger partial charge in [-0.15, -0.1) is 0 Å². The lowest BCUT2D eigenvalue weighted by molar-refractivity contribution is -0.167. The molecule has 6 heteroatoms. The van der Waals surface area contributed by atoms with E-state index in [1.807, 2.05) is 0 Å². The van der Waals surface area contributed by atoms with E-state index >= 15 is 0 Å². The molecular weight excluding hydrogens is 733 g/mol. The average molecular weight is 835 g/mol. The number of rotatable bonds is 49. The molecule has 0 aliphatic heterocycles. The van der Waals surface area contributed by atoms with E-state index in [-0.39, 0.29) is 31.1 Å². The average Bonchev–Trinajstić information content (AvgIpc) is 3.23. The van der Waals surface area contributed by atoms with Crippen LogP contribution in [0.4, 0.5) is 0 Å². The molecule has 0 heterocycles. The number of carbonyl (C=O) groups is 3. The third-order valence-electron chi connectivity index (χ3n) is 12.1. The Hall–Kier alpha value is -1.59. The van der Waals surface area contributed by atoms with Gasteiger partial charge in [-0.25, -0.2) is 0 Å². The number of unbranched alkanes of at least 4 members (excludes halogenated alkanes) is 38. The SMILES string of the molecule is CCCCCCCCCCCCCCCCCCCC(=O)OC[C@@H](COC(=O)CCCCCCCCC)OC(=O)CCCCCCCCCCCCCCCCCCC. The van der Waals surface area contributed by atoms with E-state index in [9.17, 15) is 14.4 Å². The largest absolute Gasteiger partial charge is 0.462 e. The van der Waals surface area contributed by atoms with Crippen molar-refractivity contribution in [2.75, 3.05) is 13.2 Å². The van der Waals surface area contributed by atoms with Gasteiger partial charge in [0.15, 0.2) is 6.10 Å². The zero-order chi connectivity index (χ0) is 43.0. The van der Waals surface area contributed by atoms with Crippen molar-refractivity contribution in [3.8, 4) is 0 Å². The lowest BCUT2D eigenvalue weighted by Gasteiger charge is -2.18. The highest BCUT2D eigenvalue weighted by Gasteiger charge is 2.19. The lowest BCUT2D eigenvalue weighted by atomic mass is 10.0. The fraction of sp³-hybridized carbons (Fsp3) is 0.943. The Kier molecular flexibility index (Phi) is 47.7. The Bertz CT molecular complexity index is 874. The van der Waals surface area contributed by atoms with Gasteiger partial charge in [0.1, 0.15) is 13.2 Å². The van der Waals surface area contributed by atoms with Crippen molar-refractivity contribution in [1.29, 1.82) is 0 Å². The Morgan fingerprint density at radius 1 is 0.271 bits per heavy atom. The minimum absolute atomic E-state index is 0.0622. The summed E-state index contributed by atoms with van der Waals surface area (Å²) >= 11 is 0. The first-order valence-corrected chi connectivity index (χ1v) is 26.5. The standard InChI is InChI=1S/C53H102O6/c1-4-7-10-13-16-18-20-22-24-26-28-30-32-34-37-40-43-46-52(55)58-49-50(48-57-51(54)45-42-39-36-15-12-9-6-3)59-53(56)47-44-41-38-35-33-31-29-27-25-23-21-19-17-14-11-8-5-2/h50H,4-49H2,1-3H3/t50-/m1/s1. The van der Waals surface area contributed by atoms with Gasteiger partial charge in [0.2, 0.25) is 0 Å². The smallest absolute Gasteiger partial charge is 0.306 e. The van der Waals surface area contributed by atoms with Crippen LogP contribution in [-0.4, -0.2) is 37.2 Å². The van der Waals surface area contributed by atoms with Crippen LogP contribution in [0, 0.1) is 0 Å². The maximum absolute atomic E-state index is 12.8. The quantitative estimate of drug-likeness (QED) is 0.0345. The van der Waals surface area contributed by atoms with Crippen LogP contribution in [-0.2, 0) is 28.6 Å². The summed E-state index contributed by atoms with van der Waals surface area (Å²) in [7, 11) is 0. The molecule has 0 fully saturated rings. The van der Waals surface area contributed by atoms with E-state index in [4.69, 9.17) is 14.2 Å². The lowest BCUT2D eigenvalue weighted by Crippen LogP contribution is -2.30. The van der Waals surface area contributed by atoms with Crippen LogP contribution in [0.2, 0.25) is 0 Å². The first-order valence-electron chi connectivity index (χ1n) is 26.5. The number of hydrogen-bond donors (Lipinski definition) is 0. The van der Waals surface area contributed by atoms with Crippen LogP contribution in [0.15, 0.2) is 0 Å². The molecule has 0 rings (SSSR count). The maximum Gasteiger partial charge on any atom is 0.306 e. The van der Waals surface area contributed by atoms with Gasteiger partial charge >= 0.3 is 17.9 Å². The molecule has 0 aromatic heterocycles. The Morgan fingerprint density at radius 2 is 0.458 bits per heavy atom. The van der Waals surface area contributed by atoms with Gasteiger partial charge in [0.05, 0.1) is 0 Å². The first kappa shape index (κ1) is 57.4. The van der Waals surface area contributed by atoms with Crippen LogP contribution in [0.3, 0.4) is 0 Å². The van der Waals surface area contributed by atoms with Crippen LogP contribution in [0.5, 0.6) is 0 Å². The molecule has 0 aliphatic rings. The Morgan fingerprint density at radius 3 is 0.678 bits per heavy atom. The van der Waals surface area contributed by atoms with E-state index in [0.717, 1.165) is 57.8 Å². The highest BCUT2D eigenvalue weighted by molar-refractivity contribution is 5.71. The predicted octanol–water partition coefficient (Wildman–Crippen LogP) is 17.2. The zero-order valence-electron chi connectivity index (χ0n) is 40.1. The van der Waals surface area contributed by atoms with Crippen molar-refractivity contribution in [3.63, 3.8) is 0 Å². The molecule has 350 valence electrons. The fourth-order valence-corrected chi connectivity index (χ4v) is 8.09. The van der Waals surface area contributed by atoms with Gasteiger partial charge < -0.3 is 14.2 Å². The van der Waals surface area contributed by atoms with E-state index in [1.54, 1.807) is 0 Å². The van der Waals surface area contributed by atoms with Crippen molar-refractivity contribution >= 4 is 17.9 Å². The summed E-state index contributed by atoms with van der Waals surface area (Å²) in [6.07, 6.45) is 52.5. The molecule has 0 spiro atoms. The molecule has 1 atom stereocenters. The van der Waals surface area contributed by atoms with Crippen LogP contribution < -0.4 is 0 Å². The molecule has 0 aromatic rings. The summed E-state index contributed by atoms with van der Waals surface area (Å²) in [6.45, 7) is 6.65. The van der Waals surface area contributed by atoms with E-state index in [1.165, 1.54) is 205 Å². The molecule has 0 N–H and O–H groups in total. The number of ether oxygens (including phenoxy) is 3. The molecule has 0 radical (unpaired) electrons. The van der Waals surface area contributed by atoms with Gasteiger partial charge in [-0.05, 0) is 19.3 Å². The molecule has 0 aromatic carbocycles. The third-order valence-corrected chi connectivity index (χ3v) is 12.1. The van der Waals surface area contributed by atoms with Crippen molar-refractivity contribution in [2.24, 2.45) is 0 Å². The summed E-state index contributed by atoms with van der Waals surface area (Å²) in [6, 6.07) is 0. The zero-order valence-corrected chi connectivity index (χ0v) is 40.1. The Labute approximate surface area is 368 Å². The third kappa shape index (κ3) is 47.3. The minimum atomic E-state index is -0.759. The van der Waals surface area contributed by atoms with Crippen molar-refractivity contribution < 1.29 is 28.6 Å². The normalized spacial score (nSPS) is 11.8. The predicted molar refractivity (Wildman–Crippen MR) is 252 cm³/mol. The van der Waals surface area contributed by atoms with Gasteiger partial charge in [0, 0.05) is 19.3 Å². The first-order chi connectivity index (χ1) is 29.0. The summed E-state index contributed by atoms with van der Waals surface area (Å²) in [5.74, 6) is -0.847. The minimum Gasteiger partial charge on any atom is -0.462 e.